The Bertz CT molecular complexity index is 8940. The lowest BCUT2D eigenvalue weighted by Gasteiger charge is -2.44. The molecule has 12 heterocycles. The summed E-state index contributed by atoms with van der Waals surface area (Å²) in [7, 11) is 0. The number of rotatable bonds is 12. The molecule has 19 heteroatoms. The van der Waals surface area contributed by atoms with Crippen molar-refractivity contribution >= 4 is 193 Å². The molecule has 0 amide bonds. The van der Waals surface area contributed by atoms with Crippen LogP contribution in [0.3, 0.4) is 0 Å². The van der Waals surface area contributed by atoms with Crippen molar-refractivity contribution in [2.45, 2.75) is 9.79 Å². The number of hydrogen-bond donors (Lipinski definition) is 0. The fraction of sp³-hybridized carbons (Fsp3) is 0. The summed E-state index contributed by atoms with van der Waals surface area (Å²) in [6.07, 6.45) is 0. The second-order valence-corrected chi connectivity index (χ2v) is 38.4. The van der Waals surface area contributed by atoms with Crippen LogP contribution in [0.1, 0.15) is 0 Å². The average molecular weight is 1880 g/mol. The fourth-order valence-electron chi connectivity index (χ4n) is 23.7. The summed E-state index contributed by atoms with van der Waals surface area (Å²) in [5.74, 6) is 14.4. The number of anilines is 12. The van der Waals surface area contributed by atoms with Crippen LogP contribution in [0, 0.1) is 0 Å². The predicted octanol–water partition coefficient (Wildman–Crippen LogP) is 28.1. The third-order valence-electron chi connectivity index (χ3n) is 29.5. The van der Waals surface area contributed by atoms with Gasteiger partial charge in [0.2, 0.25) is 0 Å². The molecule has 678 valence electrons. The van der Waals surface area contributed by atoms with E-state index >= 15 is 0 Å². The van der Waals surface area contributed by atoms with Crippen LogP contribution in [0.5, 0.6) is 103 Å². The van der Waals surface area contributed by atoms with Gasteiger partial charge in [-0.05, 0) is 200 Å². The molecule has 0 atom stereocenters. The van der Waals surface area contributed by atoms with Crippen molar-refractivity contribution in [2.75, 3.05) is 19.6 Å². The summed E-state index contributed by atoms with van der Waals surface area (Å²) >= 11 is 1.80. The Morgan fingerprint density at radius 1 is 0.193 bits per heavy atom. The normalized spacial score (nSPS) is 13.2. The quantitative estimate of drug-likeness (QED) is 0.108. The maximum atomic E-state index is 7.47. The van der Waals surface area contributed by atoms with E-state index < -0.39 is 0 Å². The number of ether oxygens (including phenoxy) is 9. The summed E-state index contributed by atoms with van der Waals surface area (Å²) in [6, 6.07) is 158. The van der Waals surface area contributed by atoms with E-state index in [4.69, 9.17) is 42.6 Å². The Labute approximate surface area is 838 Å². The van der Waals surface area contributed by atoms with E-state index in [1.807, 2.05) is 97.1 Å². The molecular formula is C126H75B3N6O9S. The van der Waals surface area contributed by atoms with Crippen molar-refractivity contribution in [3.8, 4) is 115 Å². The van der Waals surface area contributed by atoms with Crippen molar-refractivity contribution in [3.63, 3.8) is 0 Å². The second kappa shape index (κ2) is 31.8. The van der Waals surface area contributed by atoms with Crippen molar-refractivity contribution in [2.24, 2.45) is 0 Å². The molecule has 15 nitrogen and oxygen atoms in total. The van der Waals surface area contributed by atoms with Crippen LogP contribution in [0.2, 0.25) is 0 Å². The number of nitrogens with zero attached hydrogens (tertiary/aromatic N) is 6. The number of fused-ring (bicyclic) bond motifs is 9. The zero-order valence-electron chi connectivity index (χ0n) is 77.3. The van der Waals surface area contributed by atoms with Crippen molar-refractivity contribution in [1.29, 1.82) is 0 Å². The molecular weight excluding hydrogens is 1810 g/mol. The van der Waals surface area contributed by atoms with Gasteiger partial charge in [0.25, 0.3) is 20.1 Å². The molecule has 10 aliphatic heterocycles. The Morgan fingerprint density at radius 3 is 0.848 bits per heavy atom. The van der Waals surface area contributed by atoms with Gasteiger partial charge in [-0.3, -0.25) is 0 Å². The van der Waals surface area contributed by atoms with Crippen LogP contribution in [-0.2, 0) is 0 Å². The van der Waals surface area contributed by atoms with Gasteiger partial charge >= 0.3 is 0 Å². The van der Waals surface area contributed by atoms with Crippen LogP contribution in [-0.4, -0.2) is 29.3 Å². The van der Waals surface area contributed by atoms with E-state index in [0.29, 0.717) is 11.5 Å². The second-order valence-electron chi connectivity index (χ2n) is 37.3. The topological polar surface area (TPSA) is 106 Å². The molecule has 0 bridgehead atoms. The minimum absolute atomic E-state index is 0.0166. The zero-order chi connectivity index (χ0) is 94.7. The third kappa shape index (κ3) is 12.2. The van der Waals surface area contributed by atoms with Crippen LogP contribution >= 0.6 is 11.8 Å². The summed E-state index contributed by atoms with van der Waals surface area (Å²) in [5, 5.41) is 4.88. The molecule has 0 radical (unpaired) electrons. The molecule has 21 aromatic carbocycles. The molecule has 0 unspecified atom stereocenters. The first kappa shape index (κ1) is 81.0. The minimum atomic E-state index is -0.256. The molecule has 0 saturated carbocycles. The lowest BCUT2D eigenvalue weighted by Crippen LogP contribution is -2.60. The van der Waals surface area contributed by atoms with E-state index in [2.05, 4.69) is 387 Å². The van der Waals surface area contributed by atoms with Gasteiger partial charge in [-0.15, -0.1) is 0 Å². The van der Waals surface area contributed by atoms with Crippen molar-refractivity contribution < 1.29 is 42.6 Å². The van der Waals surface area contributed by atoms with E-state index in [1.54, 1.807) is 11.8 Å². The first-order chi connectivity index (χ1) is 72.0. The SMILES string of the molecule is c1cc2c3c(c1)Oc1cc(N4c5ccccc5Sc5ccccc54)cc4c1B3c1c(cccc1O4)O2.c1ccc(-n2c3ccccc3c3ccc4c(c5ccccc5n4-c4cc5c6c(c4)Oc4cccc7c4B6c4c(cccc4O5)O7)c32)cc1.c1ccc(N(c2ccccc2)c2c3c4c(c(N(c5ccccc5)c5ccccc5)c2N(c2ccccc2)c2ccccc2)Oc2cccc5c2B4c2c(cccc2O3)O5)cc1. The summed E-state index contributed by atoms with van der Waals surface area (Å²) in [4.78, 5) is 11.8. The highest BCUT2D eigenvalue weighted by Crippen LogP contribution is 2.64. The molecule has 0 N–H and O–H groups in total. The minimum Gasteiger partial charge on any atom is -0.458 e. The summed E-state index contributed by atoms with van der Waals surface area (Å²) < 4.78 is 65.6. The highest BCUT2D eigenvalue weighted by atomic mass is 32.2. The van der Waals surface area contributed by atoms with Gasteiger partial charge in [0.05, 0.1) is 44.8 Å². The van der Waals surface area contributed by atoms with E-state index in [1.165, 1.54) is 42.4 Å². The molecule has 23 aromatic rings. The van der Waals surface area contributed by atoms with Crippen LogP contribution < -0.4 is 111 Å². The largest absolute Gasteiger partial charge is 0.458 e. The molecule has 10 aliphatic rings. The maximum Gasteiger partial charge on any atom is 0.270 e. The van der Waals surface area contributed by atoms with Crippen molar-refractivity contribution in [1.82, 2.24) is 9.13 Å². The lowest BCUT2D eigenvalue weighted by molar-refractivity contribution is 0.442. The molecule has 145 heavy (non-hydrogen) atoms. The zero-order valence-corrected chi connectivity index (χ0v) is 78.1. The average Bonchev–Trinajstić information content (AvgIpc) is 1.35. The van der Waals surface area contributed by atoms with E-state index in [9.17, 15) is 0 Å². The molecule has 0 fully saturated rings. The number of benzene rings is 21. The summed E-state index contributed by atoms with van der Waals surface area (Å²) in [5.41, 5.74) is 27.8. The molecule has 0 aliphatic carbocycles. The molecule has 0 saturated heterocycles. The van der Waals surface area contributed by atoms with Gasteiger partial charge in [-0.25, -0.2) is 0 Å². The molecule has 0 spiro atoms. The highest BCUT2D eigenvalue weighted by molar-refractivity contribution is 7.99. The standard InChI is InChI=1S/C54H36BN3O3.C42H23BN2O3.C30H16BNO3S/c1-7-21-37(22-8-1)56(38-23-9-2-10-24-38)50-51(57(39-25-11-3-12-26-39)40-27-13-4-14-28-40)53-49-54(52(50)58(41-29-15-5-16-30-41)42-31-17-6-18-32-42)61-46-36-20-34-44-48(46)55(49)47-43(59-44)33-19-35-45(47)60-53;1-2-10-24(11-3-1)45-29-14-6-4-12-26(29)27-20-21-31-38(42(27)45)28-13-5-7-15-30(28)44(31)25-22-36-41-37(23-25)48-35-19-9-17-33-40(35)43(41)39-32(46-33)16-8-18-34(39)47-36;1-3-13-26-18(7-1)32(19-8-2-4-14-27(19)36-26)17-15-24-30-25(16-17)35-23-12-6-10-21-29(23)31(30)28-20(33-21)9-5-11-22(28)34-24/h1-36H;1-23H;1-16H. The highest BCUT2D eigenvalue weighted by Gasteiger charge is 2.54. The first-order valence-corrected chi connectivity index (χ1v) is 49.6. The Hall–Kier alpha value is -18.8. The Morgan fingerprint density at radius 2 is 0.476 bits per heavy atom. The molecule has 2 aromatic heterocycles. The number of aromatic nitrogens is 2. The van der Waals surface area contributed by atoms with Gasteiger partial charge in [0.15, 0.2) is 11.5 Å². The maximum absolute atomic E-state index is 7.47. The Balaban J connectivity index is 0.000000102. The van der Waals surface area contributed by atoms with Crippen molar-refractivity contribution in [3.05, 3.63) is 455 Å². The fourth-order valence-corrected chi connectivity index (χ4v) is 24.7. The third-order valence-corrected chi connectivity index (χ3v) is 30.6. The smallest absolute Gasteiger partial charge is 0.270 e. The first-order valence-electron chi connectivity index (χ1n) is 48.8. The van der Waals surface area contributed by atoms with E-state index in [-0.39, 0.29) is 20.1 Å². The van der Waals surface area contributed by atoms with Crippen LogP contribution in [0.4, 0.5) is 68.2 Å². The van der Waals surface area contributed by atoms with Crippen LogP contribution in [0.25, 0.3) is 55.0 Å². The number of hydrogen-bond acceptors (Lipinski definition) is 14. The van der Waals surface area contributed by atoms with Gasteiger partial charge in [0, 0.05) is 145 Å². The van der Waals surface area contributed by atoms with Gasteiger partial charge in [-0.1, -0.05) is 242 Å². The van der Waals surface area contributed by atoms with Crippen LogP contribution in [0.15, 0.2) is 465 Å². The number of para-hydroxylation sites is 11. The lowest BCUT2D eigenvalue weighted by atomic mass is 9.33. The van der Waals surface area contributed by atoms with Gasteiger partial charge in [-0.2, -0.15) is 0 Å². The monoisotopic (exact) mass is 1880 g/mol. The van der Waals surface area contributed by atoms with E-state index in [0.717, 1.165) is 232 Å². The Kier molecular flexibility index (Phi) is 17.8. The summed E-state index contributed by atoms with van der Waals surface area (Å²) in [6.45, 7) is -0.250. The van der Waals surface area contributed by atoms with Gasteiger partial charge < -0.3 is 71.4 Å². The van der Waals surface area contributed by atoms with Gasteiger partial charge in [0.1, 0.15) is 109 Å². The molecule has 33 rings (SSSR count). The predicted molar refractivity (Wildman–Crippen MR) is 584 cm³/mol.